The van der Waals surface area contributed by atoms with Gasteiger partial charge in [0.25, 0.3) is 5.91 Å². The monoisotopic (exact) mass is 351 g/mol. The Labute approximate surface area is 128 Å². The summed E-state index contributed by atoms with van der Waals surface area (Å²) in [5, 5.41) is 11.6. The van der Waals surface area contributed by atoms with E-state index >= 15 is 0 Å². The maximum Gasteiger partial charge on any atom is 0.330 e. The molecule has 2 N–H and O–H groups in total. The lowest BCUT2D eigenvalue weighted by molar-refractivity contribution is -0.139. The highest BCUT2D eigenvalue weighted by Gasteiger charge is 2.22. The van der Waals surface area contributed by atoms with Gasteiger partial charge in [0.2, 0.25) is 0 Å². The molecule has 0 aliphatic heterocycles. The average molecular weight is 352 g/mol. The van der Waals surface area contributed by atoms with Gasteiger partial charge in [-0.15, -0.1) is 0 Å². The smallest absolute Gasteiger partial charge is 0.330 e. The van der Waals surface area contributed by atoms with Crippen LogP contribution in [0.1, 0.15) is 22.0 Å². The van der Waals surface area contributed by atoms with E-state index < -0.39 is 23.7 Å². The van der Waals surface area contributed by atoms with Gasteiger partial charge in [-0.3, -0.25) is 4.79 Å². The quantitative estimate of drug-likeness (QED) is 0.889. The zero-order valence-corrected chi connectivity index (χ0v) is 12.3. The van der Waals surface area contributed by atoms with Crippen molar-refractivity contribution in [1.82, 2.24) is 5.32 Å². The maximum atomic E-state index is 13.3. The third kappa shape index (κ3) is 3.88. The van der Waals surface area contributed by atoms with Crippen molar-refractivity contribution < 1.29 is 19.1 Å². The molecule has 0 unspecified atom stereocenters. The largest absolute Gasteiger partial charge is 0.479 e. The summed E-state index contributed by atoms with van der Waals surface area (Å²) in [5.74, 6) is -2.43. The van der Waals surface area contributed by atoms with E-state index in [1.54, 1.807) is 30.3 Å². The molecule has 0 fully saturated rings. The number of carbonyl (C=O) groups is 2. The summed E-state index contributed by atoms with van der Waals surface area (Å²) >= 11 is 3.09. The van der Waals surface area contributed by atoms with Crippen LogP contribution in [0.5, 0.6) is 0 Å². The lowest BCUT2D eigenvalue weighted by atomic mass is 10.1. The Bertz CT molecular complexity index is 656. The number of hydrogen-bond donors (Lipinski definition) is 2. The van der Waals surface area contributed by atoms with Crippen LogP contribution in [0.25, 0.3) is 0 Å². The van der Waals surface area contributed by atoms with E-state index in [-0.39, 0.29) is 5.56 Å². The van der Waals surface area contributed by atoms with Crippen LogP contribution in [0.2, 0.25) is 0 Å². The number of carboxylic acid groups (broad SMARTS) is 1. The lowest BCUT2D eigenvalue weighted by Gasteiger charge is -2.15. The Kier molecular flexibility index (Phi) is 4.70. The first-order valence-corrected chi connectivity index (χ1v) is 6.81. The Balaban J connectivity index is 2.25. The minimum absolute atomic E-state index is 0.0454. The summed E-state index contributed by atoms with van der Waals surface area (Å²) < 4.78 is 13.7. The van der Waals surface area contributed by atoms with E-state index in [2.05, 4.69) is 21.2 Å². The highest BCUT2D eigenvalue weighted by atomic mass is 79.9. The SMILES string of the molecule is O=C(N[C@H](C(=O)O)c1ccccc1)c1cc(F)cc(Br)c1. The van der Waals surface area contributed by atoms with Crippen LogP contribution in [-0.2, 0) is 4.79 Å². The third-order valence-corrected chi connectivity index (χ3v) is 3.24. The Morgan fingerprint density at radius 2 is 1.81 bits per heavy atom. The molecule has 0 saturated carbocycles. The summed E-state index contributed by atoms with van der Waals surface area (Å²) in [6.07, 6.45) is 0. The number of aliphatic carboxylic acids is 1. The van der Waals surface area contributed by atoms with Gasteiger partial charge in [-0.25, -0.2) is 9.18 Å². The van der Waals surface area contributed by atoms with E-state index in [0.717, 1.165) is 6.07 Å². The van der Waals surface area contributed by atoms with Crippen molar-refractivity contribution in [3.63, 3.8) is 0 Å². The van der Waals surface area contributed by atoms with Crippen LogP contribution in [-0.4, -0.2) is 17.0 Å². The van der Waals surface area contributed by atoms with Gasteiger partial charge < -0.3 is 10.4 Å². The first kappa shape index (κ1) is 15.2. The number of hydrogen-bond acceptors (Lipinski definition) is 2. The van der Waals surface area contributed by atoms with Crippen molar-refractivity contribution in [1.29, 1.82) is 0 Å². The molecule has 0 aromatic heterocycles. The predicted octanol–water partition coefficient (Wildman–Crippen LogP) is 3.14. The van der Waals surface area contributed by atoms with E-state index in [0.29, 0.717) is 10.0 Å². The summed E-state index contributed by atoms with van der Waals surface area (Å²) in [6.45, 7) is 0. The number of amides is 1. The number of carbonyl (C=O) groups excluding carboxylic acids is 1. The van der Waals surface area contributed by atoms with Gasteiger partial charge >= 0.3 is 5.97 Å². The molecule has 1 amide bonds. The Hall–Kier alpha value is -2.21. The van der Waals surface area contributed by atoms with Crippen molar-refractivity contribution >= 4 is 27.8 Å². The number of halogens is 2. The van der Waals surface area contributed by atoms with Gasteiger partial charge in [0.1, 0.15) is 5.82 Å². The van der Waals surface area contributed by atoms with Gasteiger partial charge in [0.05, 0.1) is 0 Å². The molecule has 108 valence electrons. The molecule has 0 heterocycles. The molecular weight excluding hydrogens is 341 g/mol. The third-order valence-electron chi connectivity index (χ3n) is 2.78. The molecule has 2 aromatic rings. The van der Waals surface area contributed by atoms with E-state index in [4.69, 9.17) is 0 Å². The minimum Gasteiger partial charge on any atom is -0.479 e. The molecule has 0 spiro atoms. The molecule has 0 radical (unpaired) electrons. The van der Waals surface area contributed by atoms with Crippen molar-refractivity contribution in [3.05, 3.63) is 69.9 Å². The Morgan fingerprint density at radius 3 is 2.38 bits per heavy atom. The average Bonchev–Trinajstić information content (AvgIpc) is 2.44. The standard InChI is InChI=1S/C15H11BrFNO3/c16-11-6-10(7-12(17)8-11)14(19)18-13(15(20)21)9-4-2-1-3-5-9/h1-8,13H,(H,18,19)(H,20,21)/t13-/m0/s1. The number of nitrogens with one attached hydrogen (secondary N) is 1. The predicted molar refractivity (Wildman–Crippen MR) is 78.4 cm³/mol. The van der Waals surface area contributed by atoms with Crippen LogP contribution in [0.4, 0.5) is 4.39 Å². The van der Waals surface area contributed by atoms with Crippen LogP contribution in [0, 0.1) is 5.82 Å². The summed E-state index contributed by atoms with van der Waals surface area (Å²) in [5.41, 5.74) is 0.484. The lowest BCUT2D eigenvalue weighted by Crippen LogP contribution is -2.33. The second-order valence-electron chi connectivity index (χ2n) is 4.31. The summed E-state index contributed by atoms with van der Waals surface area (Å²) in [4.78, 5) is 23.4. The van der Waals surface area contributed by atoms with Crippen LogP contribution >= 0.6 is 15.9 Å². The van der Waals surface area contributed by atoms with Crippen LogP contribution in [0.15, 0.2) is 53.0 Å². The first-order chi connectivity index (χ1) is 9.97. The van der Waals surface area contributed by atoms with Crippen LogP contribution in [0.3, 0.4) is 0 Å². The number of benzene rings is 2. The maximum absolute atomic E-state index is 13.3. The second-order valence-corrected chi connectivity index (χ2v) is 5.23. The highest BCUT2D eigenvalue weighted by Crippen LogP contribution is 2.17. The minimum atomic E-state index is -1.19. The summed E-state index contributed by atoms with van der Waals surface area (Å²) in [7, 11) is 0. The zero-order valence-electron chi connectivity index (χ0n) is 10.7. The molecule has 6 heteroatoms. The first-order valence-electron chi connectivity index (χ1n) is 6.02. The van der Waals surface area contributed by atoms with Gasteiger partial charge in [-0.1, -0.05) is 46.3 Å². The Morgan fingerprint density at radius 1 is 1.14 bits per heavy atom. The number of rotatable bonds is 4. The highest BCUT2D eigenvalue weighted by molar-refractivity contribution is 9.10. The van der Waals surface area contributed by atoms with Gasteiger partial charge in [-0.05, 0) is 23.8 Å². The molecule has 1 atom stereocenters. The normalized spacial score (nSPS) is 11.7. The van der Waals surface area contributed by atoms with Gasteiger partial charge in [-0.2, -0.15) is 0 Å². The van der Waals surface area contributed by atoms with Gasteiger partial charge in [0.15, 0.2) is 6.04 Å². The summed E-state index contributed by atoms with van der Waals surface area (Å²) in [6, 6.07) is 10.8. The topological polar surface area (TPSA) is 66.4 Å². The van der Waals surface area contributed by atoms with E-state index in [9.17, 15) is 19.1 Å². The second kappa shape index (κ2) is 6.49. The fourth-order valence-corrected chi connectivity index (χ4v) is 2.30. The number of carboxylic acids is 1. The van der Waals surface area contributed by atoms with Gasteiger partial charge in [0, 0.05) is 10.0 Å². The van der Waals surface area contributed by atoms with E-state index in [1.807, 2.05) is 0 Å². The van der Waals surface area contributed by atoms with Crippen molar-refractivity contribution in [2.24, 2.45) is 0 Å². The van der Waals surface area contributed by atoms with E-state index in [1.165, 1.54) is 12.1 Å². The fraction of sp³-hybridized carbons (Fsp3) is 0.0667. The molecule has 21 heavy (non-hydrogen) atoms. The molecule has 0 bridgehead atoms. The molecule has 2 rings (SSSR count). The molecule has 0 saturated heterocycles. The molecule has 0 aliphatic rings. The van der Waals surface area contributed by atoms with Crippen molar-refractivity contribution in [2.75, 3.05) is 0 Å². The van der Waals surface area contributed by atoms with Crippen molar-refractivity contribution in [2.45, 2.75) is 6.04 Å². The molecular formula is C15H11BrFNO3. The zero-order chi connectivity index (χ0) is 15.4. The molecule has 4 nitrogen and oxygen atoms in total. The van der Waals surface area contributed by atoms with Crippen LogP contribution < -0.4 is 5.32 Å². The van der Waals surface area contributed by atoms with Crippen molar-refractivity contribution in [3.8, 4) is 0 Å². The fourth-order valence-electron chi connectivity index (χ4n) is 1.83. The molecule has 0 aliphatic carbocycles. The molecule has 2 aromatic carbocycles.